The van der Waals surface area contributed by atoms with Crippen molar-refractivity contribution in [1.29, 1.82) is 0 Å². The molecule has 0 radical (unpaired) electrons. The first-order valence-electron chi connectivity index (χ1n) is 10.2. The third-order valence-corrected chi connectivity index (χ3v) is 5.56. The smallest absolute Gasteiger partial charge is 0.187 e. The topological polar surface area (TPSA) is 115 Å². The predicted octanol–water partition coefficient (Wildman–Crippen LogP) is 3.29. The molecule has 6 nitrogen and oxygen atoms in total. The van der Waals surface area contributed by atoms with Crippen LogP contribution in [0, 0.1) is 11.6 Å². The molecule has 0 spiro atoms. The normalized spacial score (nSPS) is 18.3. The summed E-state index contributed by atoms with van der Waals surface area (Å²) in [7, 11) is 0. The molecule has 2 unspecified atom stereocenters. The Morgan fingerprint density at radius 3 is 2.62 bits per heavy atom. The van der Waals surface area contributed by atoms with Crippen molar-refractivity contribution in [3.63, 3.8) is 0 Å². The largest absolute Gasteiger partial charge is 0.397 e. The Morgan fingerprint density at radius 1 is 1.16 bits per heavy atom. The second-order valence-corrected chi connectivity index (χ2v) is 7.74. The minimum Gasteiger partial charge on any atom is -0.397 e. The number of nitrogens with two attached hydrogens (primary N) is 2. The summed E-state index contributed by atoms with van der Waals surface area (Å²) in [5, 5.41) is 9.88. The van der Waals surface area contributed by atoms with Crippen LogP contribution in [-0.4, -0.2) is 33.0 Å². The number of hydrogen-bond acceptors (Lipinski definition) is 6. The minimum atomic E-state index is -0.780. The van der Waals surface area contributed by atoms with E-state index in [1.165, 1.54) is 18.2 Å². The first-order chi connectivity index (χ1) is 15.3. The number of rotatable bonds is 5. The zero-order valence-electron chi connectivity index (χ0n) is 17.1. The van der Waals surface area contributed by atoms with E-state index in [-0.39, 0.29) is 29.1 Å². The molecule has 0 amide bonds. The number of aliphatic hydroxyl groups excluding tert-OH is 1. The van der Waals surface area contributed by atoms with Gasteiger partial charge in [0.15, 0.2) is 5.78 Å². The summed E-state index contributed by atoms with van der Waals surface area (Å²) in [4.78, 5) is 21.4. The lowest BCUT2D eigenvalue weighted by atomic mass is 9.87. The Balaban J connectivity index is 1.67. The number of pyridine rings is 2. The molecule has 164 valence electrons. The van der Waals surface area contributed by atoms with Gasteiger partial charge in [0.25, 0.3) is 0 Å². The van der Waals surface area contributed by atoms with Gasteiger partial charge in [0.1, 0.15) is 17.3 Å². The number of aliphatic hydroxyl groups is 1. The Morgan fingerprint density at radius 2 is 1.91 bits per heavy atom. The van der Waals surface area contributed by atoms with E-state index in [0.29, 0.717) is 18.4 Å². The fourth-order valence-electron chi connectivity index (χ4n) is 3.86. The molecule has 0 saturated heterocycles. The van der Waals surface area contributed by atoms with Gasteiger partial charge in [-0.2, -0.15) is 0 Å². The van der Waals surface area contributed by atoms with Crippen molar-refractivity contribution in [2.45, 2.75) is 31.4 Å². The van der Waals surface area contributed by atoms with Gasteiger partial charge < -0.3 is 16.6 Å². The number of aromatic nitrogens is 2. The quantitative estimate of drug-likeness (QED) is 0.529. The second kappa shape index (κ2) is 8.94. The molecule has 8 heteroatoms. The Kier molecular flexibility index (Phi) is 6.07. The molecule has 0 fully saturated rings. The first kappa shape index (κ1) is 21.7. The zero-order chi connectivity index (χ0) is 22.8. The van der Waals surface area contributed by atoms with Crippen LogP contribution in [-0.2, 0) is 6.42 Å². The van der Waals surface area contributed by atoms with Crippen LogP contribution in [0.25, 0.3) is 16.8 Å². The van der Waals surface area contributed by atoms with Gasteiger partial charge in [-0.05, 0) is 59.9 Å². The molecule has 1 aliphatic rings. The average Bonchev–Trinajstić information content (AvgIpc) is 2.77. The Hall–Kier alpha value is -3.49. The van der Waals surface area contributed by atoms with E-state index in [4.69, 9.17) is 11.5 Å². The van der Waals surface area contributed by atoms with Crippen LogP contribution in [0.3, 0.4) is 0 Å². The molecule has 0 aliphatic heterocycles. The van der Waals surface area contributed by atoms with Gasteiger partial charge in [-0.25, -0.2) is 13.8 Å². The van der Waals surface area contributed by atoms with Crippen molar-refractivity contribution >= 4 is 17.0 Å². The average molecular weight is 436 g/mol. The van der Waals surface area contributed by atoms with Crippen molar-refractivity contribution in [1.82, 2.24) is 9.97 Å². The molecular formula is C24H22F2N4O2. The molecule has 0 saturated carbocycles. The van der Waals surface area contributed by atoms with E-state index in [1.807, 2.05) is 0 Å². The van der Waals surface area contributed by atoms with Crippen LogP contribution in [0.15, 0.2) is 54.9 Å². The molecule has 2 atom stereocenters. The molecule has 3 aromatic rings. The molecule has 0 bridgehead atoms. The van der Waals surface area contributed by atoms with E-state index in [1.54, 1.807) is 24.5 Å². The fraction of sp³-hybridized carbons (Fsp3) is 0.208. The monoisotopic (exact) mass is 436 g/mol. The number of halogens is 2. The lowest BCUT2D eigenvalue weighted by molar-refractivity contribution is 0.0989. The number of benzene rings is 1. The van der Waals surface area contributed by atoms with Gasteiger partial charge in [0.2, 0.25) is 0 Å². The van der Waals surface area contributed by atoms with Crippen LogP contribution >= 0.6 is 0 Å². The van der Waals surface area contributed by atoms with Crippen LogP contribution in [0.1, 0.15) is 34.5 Å². The maximum Gasteiger partial charge on any atom is 0.187 e. The summed E-state index contributed by atoms with van der Waals surface area (Å²) >= 11 is 0. The number of carbonyl (C=O) groups is 1. The number of carbonyl (C=O) groups excluding carboxylic acids is 1. The lowest BCUT2D eigenvalue weighted by Gasteiger charge is -2.24. The fourth-order valence-corrected chi connectivity index (χ4v) is 3.86. The molecular weight excluding hydrogens is 414 g/mol. The highest BCUT2D eigenvalue weighted by molar-refractivity contribution is 6.01. The van der Waals surface area contributed by atoms with E-state index < -0.39 is 29.6 Å². The minimum absolute atomic E-state index is 0.0143. The summed E-state index contributed by atoms with van der Waals surface area (Å²) in [6.45, 7) is 0. The molecule has 1 aromatic carbocycles. The van der Waals surface area contributed by atoms with Crippen molar-refractivity contribution in [3.8, 4) is 11.3 Å². The molecule has 4 rings (SSSR count). The number of Topliss-reactive ketones (excluding diaryl/α,β-unsaturated/α-hetero) is 1. The summed E-state index contributed by atoms with van der Waals surface area (Å²) in [6.07, 6.45) is 5.48. The van der Waals surface area contributed by atoms with Crippen LogP contribution in [0.2, 0.25) is 0 Å². The number of allylic oxidation sites excluding steroid dienone is 1. The van der Waals surface area contributed by atoms with Gasteiger partial charge in [-0.15, -0.1) is 0 Å². The van der Waals surface area contributed by atoms with Crippen molar-refractivity contribution < 1.29 is 18.7 Å². The van der Waals surface area contributed by atoms with Gasteiger partial charge in [0, 0.05) is 24.9 Å². The van der Waals surface area contributed by atoms with Crippen LogP contribution in [0.4, 0.5) is 14.5 Å². The van der Waals surface area contributed by atoms with E-state index in [9.17, 15) is 18.7 Å². The molecule has 2 heterocycles. The summed E-state index contributed by atoms with van der Waals surface area (Å²) in [6, 6.07) is 7.60. The highest BCUT2D eigenvalue weighted by atomic mass is 19.1. The number of anilines is 1. The SMILES string of the molecule is Nc1ccc(-c2c(F)cccc2F)nc1C(=O)Cc1cnccc1C1=CC(N)C(O)CC1. The van der Waals surface area contributed by atoms with Crippen LogP contribution < -0.4 is 11.5 Å². The molecule has 2 aromatic heterocycles. The molecule has 5 N–H and O–H groups in total. The van der Waals surface area contributed by atoms with Crippen LogP contribution in [0.5, 0.6) is 0 Å². The van der Waals surface area contributed by atoms with Gasteiger partial charge >= 0.3 is 0 Å². The highest BCUT2D eigenvalue weighted by Crippen LogP contribution is 2.30. The predicted molar refractivity (Wildman–Crippen MR) is 117 cm³/mol. The van der Waals surface area contributed by atoms with E-state index in [0.717, 1.165) is 23.3 Å². The van der Waals surface area contributed by atoms with Gasteiger partial charge in [-0.1, -0.05) is 12.1 Å². The third kappa shape index (κ3) is 4.28. The third-order valence-electron chi connectivity index (χ3n) is 5.56. The standard InChI is InChI=1S/C24H22F2N4O2/c25-16-2-1-3-17(26)23(16)20-6-5-18(27)24(30-20)22(32)11-14-12-29-9-8-15(14)13-4-7-21(31)19(28)10-13/h1-3,5-6,8-10,12,19,21,31H,4,7,11,27-28H2. The molecule has 1 aliphatic carbocycles. The van der Waals surface area contributed by atoms with Crippen molar-refractivity contribution in [3.05, 3.63) is 83.3 Å². The zero-order valence-corrected chi connectivity index (χ0v) is 17.1. The highest BCUT2D eigenvalue weighted by Gasteiger charge is 2.23. The summed E-state index contributed by atoms with van der Waals surface area (Å²) < 4.78 is 28.4. The first-order valence-corrected chi connectivity index (χ1v) is 10.2. The van der Waals surface area contributed by atoms with Gasteiger partial charge in [-0.3, -0.25) is 9.78 Å². The molecule has 32 heavy (non-hydrogen) atoms. The Bertz CT molecular complexity index is 1190. The number of hydrogen-bond donors (Lipinski definition) is 3. The van der Waals surface area contributed by atoms with E-state index >= 15 is 0 Å². The van der Waals surface area contributed by atoms with Crippen molar-refractivity contribution in [2.24, 2.45) is 5.73 Å². The summed E-state index contributed by atoms with van der Waals surface area (Å²) in [5.41, 5.74) is 14.0. The maximum absolute atomic E-state index is 14.2. The Labute approximate surface area is 183 Å². The van der Waals surface area contributed by atoms with Gasteiger partial charge in [0.05, 0.1) is 23.0 Å². The number of nitrogen functional groups attached to an aromatic ring is 1. The number of ketones is 1. The number of nitrogens with zero attached hydrogens (tertiary/aromatic N) is 2. The second-order valence-electron chi connectivity index (χ2n) is 7.74. The maximum atomic E-state index is 14.2. The van der Waals surface area contributed by atoms with Crippen molar-refractivity contribution in [2.75, 3.05) is 5.73 Å². The van der Waals surface area contributed by atoms with E-state index in [2.05, 4.69) is 9.97 Å². The summed E-state index contributed by atoms with van der Waals surface area (Å²) in [5.74, 6) is -1.97. The lowest BCUT2D eigenvalue weighted by Crippen LogP contribution is -2.35.